The molecule has 0 aliphatic heterocycles. The number of benzene rings is 2. The van der Waals surface area contributed by atoms with Gasteiger partial charge in [0.05, 0.1) is 0 Å². The second kappa shape index (κ2) is 6.15. The summed E-state index contributed by atoms with van der Waals surface area (Å²) in [6, 6.07) is 18.9. The third kappa shape index (κ3) is 2.86. The highest BCUT2D eigenvalue weighted by atomic mass is 15.2. The Kier molecular flexibility index (Phi) is 4.29. The molecule has 0 heterocycles. The summed E-state index contributed by atoms with van der Waals surface area (Å²) < 4.78 is 0. The van der Waals surface area contributed by atoms with Crippen molar-refractivity contribution in [2.24, 2.45) is 5.84 Å². The molecule has 0 saturated carbocycles. The van der Waals surface area contributed by atoms with E-state index in [0.717, 1.165) is 6.42 Å². The molecular formula is C16H18N2. The molecule has 0 aliphatic rings. The Hall–Kier alpha value is -1.90. The van der Waals surface area contributed by atoms with Crippen LogP contribution in [0.5, 0.6) is 0 Å². The first-order chi connectivity index (χ1) is 8.85. The lowest BCUT2D eigenvalue weighted by atomic mass is 9.99. The second-order valence-corrected chi connectivity index (χ2v) is 4.23. The Balaban J connectivity index is 2.22. The molecule has 0 aliphatic carbocycles. The van der Waals surface area contributed by atoms with Gasteiger partial charge in [-0.1, -0.05) is 60.7 Å². The summed E-state index contributed by atoms with van der Waals surface area (Å²) in [5.74, 6) is 5.54. The van der Waals surface area contributed by atoms with Gasteiger partial charge in [0.2, 0.25) is 0 Å². The molecule has 0 amide bonds. The van der Waals surface area contributed by atoms with Crippen LogP contribution in [0, 0.1) is 0 Å². The lowest BCUT2D eigenvalue weighted by molar-refractivity contribution is 0.562. The van der Waals surface area contributed by atoms with Crippen LogP contribution in [0.25, 0.3) is 11.1 Å². The van der Waals surface area contributed by atoms with Crippen molar-refractivity contribution in [2.75, 3.05) is 0 Å². The maximum atomic E-state index is 5.54. The molecular weight excluding hydrogens is 220 g/mol. The Bertz CT molecular complexity index is 488. The average molecular weight is 238 g/mol. The van der Waals surface area contributed by atoms with Crippen molar-refractivity contribution in [2.45, 2.75) is 12.5 Å². The summed E-state index contributed by atoms with van der Waals surface area (Å²) in [6.07, 6.45) is 2.69. The van der Waals surface area contributed by atoms with Gasteiger partial charge in [-0.25, -0.2) is 0 Å². The summed E-state index contributed by atoms with van der Waals surface area (Å²) in [5, 5.41) is 0. The van der Waals surface area contributed by atoms with E-state index >= 15 is 0 Å². The average Bonchev–Trinajstić information content (AvgIpc) is 2.46. The standard InChI is InChI=1S/C16H18N2/c1-2-6-16(18-17)15-11-9-14(10-12-15)13-7-4-3-5-8-13/h2-5,7-12,16,18H,1,6,17H2. The van der Waals surface area contributed by atoms with Gasteiger partial charge in [-0.2, -0.15) is 0 Å². The topological polar surface area (TPSA) is 38.0 Å². The van der Waals surface area contributed by atoms with Gasteiger partial charge in [-0.3, -0.25) is 11.3 Å². The van der Waals surface area contributed by atoms with Crippen molar-refractivity contribution in [3.05, 3.63) is 72.8 Å². The molecule has 0 spiro atoms. The molecule has 0 fully saturated rings. The number of hydrogen-bond acceptors (Lipinski definition) is 2. The normalized spacial score (nSPS) is 12.1. The highest BCUT2D eigenvalue weighted by Gasteiger charge is 2.07. The molecule has 92 valence electrons. The Morgan fingerprint density at radius 3 is 2.17 bits per heavy atom. The SMILES string of the molecule is C=CCC(NN)c1ccc(-c2ccccc2)cc1. The lowest BCUT2D eigenvalue weighted by Crippen LogP contribution is -2.27. The molecule has 1 atom stereocenters. The fraction of sp³-hybridized carbons (Fsp3) is 0.125. The van der Waals surface area contributed by atoms with Crippen LogP contribution in [0.2, 0.25) is 0 Å². The molecule has 2 aromatic rings. The summed E-state index contributed by atoms with van der Waals surface area (Å²) in [6.45, 7) is 3.74. The molecule has 18 heavy (non-hydrogen) atoms. The second-order valence-electron chi connectivity index (χ2n) is 4.23. The fourth-order valence-electron chi connectivity index (χ4n) is 2.01. The van der Waals surface area contributed by atoms with Gasteiger partial charge in [0, 0.05) is 6.04 Å². The van der Waals surface area contributed by atoms with Gasteiger partial charge < -0.3 is 0 Å². The van der Waals surface area contributed by atoms with Crippen molar-refractivity contribution in [3.8, 4) is 11.1 Å². The zero-order chi connectivity index (χ0) is 12.8. The third-order valence-electron chi connectivity index (χ3n) is 3.02. The Morgan fingerprint density at radius 1 is 1.00 bits per heavy atom. The molecule has 2 rings (SSSR count). The van der Waals surface area contributed by atoms with E-state index in [2.05, 4.69) is 48.4 Å². The van der Waals surface area contributed by atoms with Crippen LogP contribution in [0.4, 0.5) is 0 Å². The molecule has 0 aromatic heterocycles. The first kappa shape index (κ1) is 12.6. The monoisotopic (exact) mass is 238 g/mol. The van der Waals surface area contributed by atoms with Gasteiger partial charge in [0.1, 0.15) is 0 Å². The van der Waals surface area contributed by atoms with Crippen molar-refractivity contribution in [1.82, 2.24) is 5.43 Å². The van der Waals surface area contributed by atoms with Gasteiger partial charge in [0.15, 0.2) is 0 Å². The molecule has 0 radical (unpaired) electrons. The molecule has 2 aromatic carbocycles. The molecule has 1 unspecified atom stereocenters. The fourth-order valence-corrected chi connectivity index (χ4v) is 2.01. The summed E-state index contributed by atoms with van der Waals surface area (Å²) in [7, 11) is 0. The summed E-state index contributed by atoms with van der Waals surface area (Å²) in [5.41, 5.74) is 6.43. The first-order valence-electron chi connectivity index (χ1n) is 6.07. The van der Waals surface area contributed by atoms with Crippen LogP contribution in [0.15, 0.2) is 67.3 Å². The highest BCUT2D eigenvalue weighted by Crippen LogP contribution is 2.22. The van der Waals surface area contributed by atoms with Crippen molar-refractivity contribution in [3.63, 3.8) is 0 Å². The number of hydrogen-bond donors (Lipinski definition) is 2. The first-order valence-corrected chi connectivity index (χ1v) is 6.07. The van der Waals surface area contributed by atoms with E-state index in [1.165, 1.54) is 16.7 Å². The third-order valence-corrected chi connectivity index (χ3v) is 3.02. The van der Waals surface area contributed by atoms with Crippen LogP contribution < -0.4 is 11.3 Å². The van der Waals surface area contributed by atoms with E-state index in [4.69, 9.17) is 5.84 Å². The molecule has 0 saturated heterocycles. The van der Waals surface area contributed by atoms with E-state index in [9.17, 15) is 0 Å². The predicted octanol–water partition coefficient (Wildman–Crippen LogP) is 3.43. The van der Waals surface area contributed by atoms with Crippen molar-refractivity contribution >= 4 is 0 Å². The molecule has 2 heteroatoms. The number of hydrazine groups is 1. The van der Waals surface area contributed by atoms with Crippen LogP contribution in [0.3, 0.4) is 0 Å². The van der Waals surface area contributed by atoms with E-state index < -0.39 is 0 Å². The molecule has 2 nitrogen and oxygen atoms in total. The zero-order valence-electron chi connectivity index (χ0n) is 10.3. The molecule has 0 bridgehead atoms. The highest BCUT2D eigenvalue weighted by molar-refractivity contribution is 5.63. The van der Waals surface area contributed by atoms with Crippen LogP contribution in [-0.2, 0) is 0 Å². The van der Waals surface area contributed by atoms with E-state index in [1.54, 1.807) is 0 Å². The minimum atomic E-state index is 0.132. The maximum Gasteiger partial charge on any atom is 0.0494 e. The minimum absolute atomic E-state index is 0.132. The van der Waals surface area contributed by atoms with Gasteiger partial charge >= 0.3 is 0 Å². The number of nitrogens with one attached hydrogen (secondary N) is 1. The smallest absolute Gasteiger partial charge is 0.0494 e. The molecule has 3 N–H and O–H groups in total. The quantitative estimate of drug-likeness (QED) is 0.476. The number of rotatable bonds is 5. The van der Waals surface area contributed by atoms with Gasteiger partial charge in [-0.05, 0) is 23.1 Å². The minimum Gasteiger partial charge on any atom is -0.271 e. The van der Waals surface area contributed by atoms with Crippen LogP contribution in [0.1, 0.15) is 18.0 Å². The Labute approximate surface area is 108 Å². The zero-order valence-corrected chi connectivity index (χ0v) is 10.3. The van der Waals surface area contributed by atoms with Gasteiger partial charge in [-0.15, -0.1) is 6.58 Å². The van der Waals surface area contributed by atoms with Crippen LogP contribution in [-0.4, -0.2) is 0 Å². The number of nitrogens with two attached hydrogens (primary N) is 1. The van der Waals surface area contributed by atoms with Crippen LogP contribution >= 0.6 is 0 Å². The van der Waals surface area contributed by atoms with E-state index in [-0.39, 0.29) is 6.04 Å². The summed E-state index contributed by atoms with van der Waals surface area (Å²) >= 11 is 0. The Morgan fingerprint density at radius 2 is 1.61 bits per heavy atom. The van der Waals surface area contributed by atoms with Gasteiger partial charge in [0.25, 0.3) is 0 Å². The summed E-state index contributed by atoms with van der Waals surface area (Å²) in [4.78, 5) is 0. The van der Waals surface area contributed by atoms with E-state index in [1.807, 2.05) is 24.3 Å². The maximum absolute atomic E-state index is 5.54. The van der Waals surface area contributed by atoms with Crippen molar-refractivity contribution in [1.29, 1.82) is 0 Å². The largest absolute Gasteiger partial charge is 0.271 e. The van der Waals surface area contributed by atoms with E-state index in [0.29, 0.717) is 0 Å². The van der Waals surface area contributed by atoms with Crippen molar-refractivity contribution < 1.29 is 0 Å². The lowest BCUT2D eigenvalue weighted by Gasteiger charge is -2.14. The predicted molar refractivity (Wildman–Crippen MR) is 76.8 cm³/mol.